The average molecular weight is 425 g/mol. The van der Waals surface area contributed by atoms with Crippen LogP contribution in [0.4, 0.5) is 0 Å². The van der Waals surface area contributed by atoms with Crippen molar-refractivity contribution in [2.24, 2.45) is 56.7 Å². The first kappa shape index (κ1) is 22.2. The van der Waals surface area contributed by atoms with Crippen LogP contribution in [0.2, 0.25) is 0 Å². The molecule has 0 aromatic rings. The molecule has 0 aromatic carbocycles. The van der Waals surface area contributed by atoms with Crippen LogP contribution in [0.1, 0.15) is 113 Å². The van der Waals surface area contributed by atoms with Crippen LogP contribution >= 0.6 is 0 Å². The first-order chi connectivity index (χ1) is 14.3. The molecule has 0 N–H and O–H groups in total. The molecule has 0 amide bonds. The Kier molecular flexibility index (Phi) is 4.66. The van der Waals surface area contributed by atoms with Crippen molar-refractivity contribution in [3.8, 4) is 0 Å². The molecular weight excluding hydrogens is 376 g/mol. The zero-order chi connectivity index (χ0) is 22.6. The van der Waals surface area contributed by atoms with Crippen LogP contribution in [-0.4, -0.2) is 5.78 Å². The van der Waals surface area contributed by atoms with E-state index in [1.807, 2.05) is 0 Å². The van der Waals surface area contributed by atoms with Crippen molar-refractivity contribution in [3.63, 3.8) is 0 Å². The fraction of sp³-hybridized carbons (Fsp3) is 0.900. The van der Waals surface area contributed by atoms with Crippen LogP contribution in [0.15, 0.2) is 12.2 Å². The minimum Gasteiger partial charge on any atom is -0.299 e. The van der Waals surface area contributed by atoms with Gasteiger partial charge in [0, 0.05) is 11.8 Å². The maximum atomic E-state index is 12.9. The highest BCUT2D eigenvalue weighted by Gasteiger charge is 2.70. The average Bonchev–Trinajstić information content (AvgIpc) is 3.04. The molecule has 31 heavy (non-hydrogen) atoms. The van der Waals surface area contributed by atoms with Gasteiger partial charge in [-0.1, -0.05) is 53.7 Å². The van der Waals surface area contributed by atoms with Gasteiger partial charge in [-0.3, -0.25) is 4.79 Å². The van der Waals surface area contributed by atoms with Crippen LogP contribution in [0, 0.1) is 56.7 Å². The summed E-state index contributed by atoms with van der Waals surface area (Å²) in [4.78, 5) is 12.9. The Morgan fingerprint density at radius 3 is 2.19 bits per heavy atom. The molecule has 5 aliphatic rings. The van der Waals surface area contributed by atoms with E-state index in [0.717, 1.165) is 36.5 Å². The molecule has 9 atom stereocenters. The Labute approximate surface area is 192 Å². The molecule has 0 heterocycles. The second kappa shape index (κ2) is 6.50. The molecule has 0 unspecified atom stereocenters. The number of carbonyl (C=O) groups excluding carboxylic acids is 1. The maximum Gasteiger partial charge on any atom is 0.138 e. The molecule has 1 heteroatoms. The Morgan fingerprint density at radius 1 is 0.806 bits per heavy atom. The highest BCUT2D eigenvalue weighted by atomic mass is 16.1. The number of Topliss-reactive ketones (excluding diaryl/α,β-unsaturated/α-hetero) is 1. The van der Waals surface area contributed by atoms with E-state index in [0.29, 0.717) is 33.4 Å². The minimum absolute atomic E-state index is 0.131. The quantitative estimate of drug-likeness (QED) is 0.387. The Balaban J connectivity index is 1.55. The first-order valence-electron chi connectivity index (χ1n) is 13.5. The lowest BCUT2D eigenvalue weighted by atomic mass is 9.32. The summed E-state index contributed by atoms with van der Waals surface area (Å²) < 4.78 is 0. The van der Waals surface area contributed by atoms with Gasteiger partial charge in [0.15, 0.2) is 0 Å². The summed E-state index contributed by atoms with van der Waals surface area (Å²) in [5.41, 5.74) is 3.06. The molecular formula is C30H48O. The molecule has 5 aliphatic carbocycles. The lowest BCUT2D eigenvalue weighted by molar-refractivity contribution is -0.232. The topological polar surface area (TPSA) is 17.1 Å². The van der Waals surface area contributed by atoms with E-state index in [2.05, 4.69) is 55.0 Å². The van der Waals surface area contributed by atoms with Gasteiger partial charge in [-0.2, -0.15) is 0 Å². The van der Waals surface area contributed by atoms with Crippen LogP contribution in [-0.2, 0) is 4.79 Å². The second-order valence-electron chi connectivity index (χ2n) is 14.5. The SMILES string of the molecule is C=C(C)[C@@H]1CC[C@]2(C)CC[C@]3(C)[C@@H](CC[C@@H]4[C@@]5(C)CCC(=O)C(C)(C)[C@@H]5CC[C@]43C)[C@@H]12. The molecule has 0 saturated heterocycles. The third kappa shape index (κ3) is 2.59. The van der Waals surface area contributed by atoms with Crippen molar-refractivity contribution in [2.75, 3.05) is 0 Å². The molecule has 0 spiro atoms. The van der Waals surface area contributed by atoms with Gasteiger partial charge in [0.1, 0.15) is 5.78 Å². The maximum absolute atomic E-state index is 12.9. The van der Waals surface area contributed by atoms with E-state index in [1.165, 1.54) is 56.9 Å². The van der Waals surface area contributed by atoms with Gasteiger partial charge in [0.05, 0.1) is 0 Å². The van der Waals surface area contributed by atoms with Crippen molar-refractivity contribution in [1.82, 2.24) is 0 Å². The van der Waals surface area contributed by atoms with E-state index in [4.69, 9.17) is 0 Å². The van der Waals surface area contributed by atoms with Crippen molar-refractivity contribution in [2.45, 2.75) is 113 Å². The van der Waals surface area contributed by atoms with Crippen molar-refractivity contribution < 1.29 is 4.79 Å². The zero-order valence-corrected chi connectivity index (χ0v) is 21.6. The Morgan fingerprint density at radius 2 is 1.52 bits per heavy atom. The predicted molar refractivity (Wildman–Crippen MR) is 130 cm³/mol. The van der Waals surface area contributed by atoms with Crippen molar-refractivity contribution >= 4 is 5.78 Å². The molecule has 174 valence electrons. The number of fused-ring (bicyclic) bond motifs is 7. The summed E-state index contributed by atoms with van der Waals surface area (Å²) in [6, 6.07) is 0. The monoisotopic (exact) mass is 424 g/mol. The van der Waals surface area contributed by atoms with E-state index < -0.39 is 0 Å². The Bertz CT molecular complexity index is 807. The number of allylic oxidation sites excluding steroid dienone is 1. The van der Waals surface area contributed by atoms with Crippen LogP contribution < -0.4 is 0 Å². The summed E-state index contributed by atoms with van der Waals surface area (Å²) in [7, 11) is 0. The smallest absolute Gasteiger partial charge is 0.138 e. The van der Waals surface area contributed by atoms with Crippen molar-refractivity contribution in [1.29, 1.82) is 0 Å². The first-order valence-corrected chi connectivity index (χ1v) is 13.5. The highest BCUT2D eigenvalue weighted by Crippen LogP contribution is 2.77. The van der Waals surface area contributed by atoms with Crippen LogP contribution in [0.3, 0.4) is 0 Å². The van der Waals surface area contributed by atoms with Gasteiger partial charge < -0.3 is 0 Å². The fourth-order valence-corrected chi connectivity index (χ4v) is 11.3. The second-order valence-corrected chi connectivity index (χ2v) is 14.5. The number of hydrogen-bond donors (Lipinski definition) is 0. The third-order valence-corrected chi connectivity index (χ3v) is 13.2. The normalized spacial score (nSPS) is 55.6. The summed E-state index contributed by atoms with van der Waals surface area (Å²) in [5.74, 6) is 4.33. The highest BCUT2D eigenvalue weighted by molar-refractivity contribution is 5.85. The number of carbonyl (C=O) groups is 1. The van der Waals surface area contributed by atoms with Gasteiger partial charge in [0.25, 0.3) is 0 Å². The standard InChI is InChI=1S/C30H48O/c1-19(2)20-11-14-27(5)17-18-29(7)21(25(20)27)9-10-23-28(6)15-13-24(31)26(3,4)22(28)12-16-30(23,29)8/h20-23,25H,1,9-18H2,2-8H3/t20-,21-,22-,23+,25+,27+,28-,29+,30+/m0/s1. The largest absolute Gasteiger partial charge is 0.299 e. The Hall–Kier alpha value is -0.590. The summed E-state index contributed by atoms with van der Waals surface area (Å²) in [5, 5.41) is 0. The predicted octanol–water partition coefficient (Wildman–Crippen LogP) is 8.23. The molecule has 0 aliphatic heterocycles. The molecule has 0 bridgehead atoms. The summed E-state index contributed by atoms with van der Waals surface area (Å²) >= 11 is 0. The molecule has 5 rings (SSSR count). The van der Waals surface area contributed by atoms with E-state index in [-0.39, 0.29) is 5.41 Å². The van der Waals surface area contributed by atoms with Gasteiger partial charge >= 0.3 is 0 Å². The van der Waals surface area contributed by atoms with Gasteiger partial charge in [-0.05, 0) is 116 Å². The van der Waals surface area contributed by atoms with E-state index in [1.54, 1.807) is 0 Å². The minimum atomic E-state index is -0.131. The zero-order valence-electron chi connectivity index (χ0n) is 21.6. The van der Waals surface area contributed by atoms with Crippen molar-refractivity contribution in [3.05, 3.63) is 12.2 Å². The lowest BCUT2D eigenvalue weighted by Gasteiger charge is -2.72. The van der Waals surface area contributed by atoms with Crippen LogP contribution in [0.5, 0.6) is 0 Å². The number of ketones is 1. The van der Waals surface area contributed by atoms with E-state index in [9.17, 15) is 4.79 Å². The molecule has 0 radical (unpaired) electrons. The van der Waals surface area contributed by atoms with E-state index >= 15 is 0 Å². The van der Waals surface area contributed by atoms with Gasteiger partial charge in [-0.15, -0.1) is 0 Å². The summed E-state index contributed by atoms with van der Waals surface area (Å²) in [6.07, 6.45) is 13.0. The molecule has 1 nitrogen and oxygen atoms in total. The molecule has 5 saturated carbocycles. The van der Waals surface area contributed by atoms with Gasteiger partial charge in [0.2, 0.25) is 0 Å². The lowest BCUT2D eigenvalue weighted by Crippen LogP contribution is -2.66. The summed E-state index contributed by atoms with van der Waals surface area (Å²) in [6.45, 7) is 22.0. The number of rotatable bonds is 1. The molecule has 0 aromatic heterocycles. The third-order valence-electron chi connectivity index (χ3n) is 13.2. The number of hydrogen-bond acceptors (Lipinski definition) is 1. The fourth-order valence-electron chi connectivity index (χ4n) is 11.3. The van der Waals surface area contributed by atoms with Gasteiger partial charge in [-0.25, -0.2) is 0 Å². The molecule has 5 fully saturated rings. The van der Waals surface area contributed by atoms with Crippen LogP contribution in [0.25, 0.3) is 0 Å².